The highest BCUT2D eigenvalue weighted by molar-refractivity contribution is 6.08. The summed E-state index contributed by atoms with van der Waals surface area (Å²) in [4.78, 5) is 10.8. The molecule has 3 heteroatoms. The van der Waals surface area contributed by atoms with Gasteiger partial charge in [-0.25, -0.2) is 4.79 Å². The van der Waals surface area contributed by atoms with Crippen LogP contribution < -0.4 is 0 Å². The minimum atomic E-state index is -0.940. The number of carboxylic acid groups (broad SMARTS) is 1. The largest absolute Gasteiger partial charge is 0.508 e. The lowest BCUT2D eigenvalue weighted by molar-refractivity contribution is -0.131. The second-order valence-corrected chi connectivity index (χ2v) is 9.81. The Labute approximate surface area is 176 Å². The SMILES string of the molecule is O=C(O)C=Cc1ccc2c(ccc3cc(O)c(C4C5CC6CC(C5)CC4C6)cc32)c1. The number of hydrogen-bond donors (Lipinski definition) is 2. The van der Waals surface area contributed by atoms with Gasteiger partial charge in [-0.2, -0.15) is 0 Å². The molecule has 0 spiro atoms. The molecule has 152 valence electrons. The molecule has 4 aliphatic carbocycles. The summed E-state index contributed by atoms with van der Waals surface area (Å²) >= 11 is 0. The first kappa shape index (κ1) is 18.0. The number of aliphatic carboxylic acids is 1. The molecular weight excluding hydrogens is 372 g/mol. The van der Waals surface area contributed by atoms with E-state index >= 15 is 0 Å². The Kier molecular flexibility index (Phi) is 3.96. The third-order valence-electron chi connectivity index (χ3n) is 8.01. The number of carboxylic acids is 1. The fourth-order valence-corrected chi connectivity index (χ4v) is 7.11. The molecule has 3 aromatic rings. The van der Waals surface area contributed by atoms with Gasteiger partial charge in [-0.3, -0.25) is 0 Å². The van der Waals surface area contributed by atoms with Gasteiger partial charge < -0.3 is 10.2 Å². The van der Waals surface area contributed by atoms with Crippen molar-refractivity contribution in [3.63, 3.8) is 0 Å². The Balaban J connectivity index is 1.46. The zero-order chi connectivity index (χ0) is 20.4. The molecule has 4 bridgehead atoms. The van der Waals surface area contributed by atoms with E-state index in [4.69, 9.17) is 5.11 Å². The average molecular weight is 399 g/mol. The summed E-state index contributed by atoms with van der Waals surface area (Å²) in [6, 6.07) is 14.4. The maximum absolute atomic E-state index is 11.0. The molecule has 0 aliphatic heterocycles. The molecule has 30 heavy (non-hydrogen) atoms. The fourth-order valence-electron chi connectivity index (χ4n) is 7.11. The standard InChI is InChI=1S/C27H26O3/c28-25-13-19-4-3-18-8-15(2-6-26(29)30)1-5-22(18)23(19)14-24(25)27-20-9-16-7-17(11-20)12-21(27)10-16/h1-6,8,13-14,16-17,20-21,27-28H,7,9-12H2,(H,29,30). The second kappa shape index (κ2) is 6.60. The minimum Gasteiger partial charge on any atom is -0.508 e. The van der Waals surface area contributed by atoms with Gasteiger partial charge in [-0.1, -0.05) is 24.3 Å². The predicted molar refractivity (Wildman–Crippen MR) is 120 cm³/mol. The average Bonchev–Trinajstić information content (AvgIpc) is 2.71. The molecule has 0 radical (unpaired) electrons. The van der Waals surface area contributed by atoms with Crippen molar-refractivity contribution in [2.24, 2.45) is 23.7 Å². The number of aromatic hydroxyl groups is 1. The van der Waals surface area contributed by atoms with Crippen LogP contribution in [-0.4, -0.2) is 16.2 Å². The summed E-state index contributed by atoms with van der Waals surface area (Å²) < 4.78 is 0. The monoisotopic (exact) mass is 398 g/mol. The third-order valence-corrected chi connectivity index (χ3v) is 8.01. The summed E-state index contributed by atoms with van der Waals surface area (Å²) in [5, 5.41) is 24.3. The molecule has 3 nitrogen and oxygen atoms in total. The van der Waals surface area contributed by atoms with Crippen molar-refractivity contribution >= 4 is 33.6 Å². The van der Waals surface area contributed by atoms with Crippen molar-refractivity contribution in [2.75, 3.05) is 0 Å². The smallest absolute Gasteiger partial charge is 0.328 e. The van der Waals surface area contributed by atoms with Crippen molar-refractivity contribution in [1.82, 2.24) is 0 Å². The lowest BCUT2D eigenvalue weighted by Crippen LogP contribution is -2.43. The van der Waals surface area contributed by atoms with Crippen LogP contribution in [0.2, 0.25) is 0 Å². The number of fused-ring (bicyclic) bond motifs is 3. The zero-order valence-corrected chi connectivity index (χ0v) is 16.9. The van der Waals surface area contributed by atoms with Crippen LogP contribution >= 0.6 is 0 Å². The molecule has 0 amide bonds. The number of phenols is 1. The molecule has 0 unspecified atom stereocenters. The highest BCUT2D eigenvalue weighted by Gasteiger charge is 2.49. The Morgan fingerprint density at radius 3 is 2.17 bits per heavy atom. The van der Waals surface area contributed by atoms with Crippen LogP contribution in [0.1, 0.15) is 49.1 Å². The lowest BCUT2D eigenvalue weighted by atomic mass is 9.50. The summed E-state index contributed by atoms with van der Waals surface area (Å²) in [5.41, 5.74) is 2.03. The zero-order valence-electron chi connectivity index (χ0n) is 16.9. The maximum atomic E-state index is 11.0. The van der Waals surface area contributed by atoms with E-state index in [2.05, 4.69) is 24.3 Å². The number of benzene rings is 3. The van der Waals surface area contributed by atoms with Crippen LogP contribution in [0.25, 0.3) is 27.6 Å². The van der Waals surface area contributed by atoms with Gasteiger partial charge >= 0.3 is 5.97 Å². The summed E-state index contributed by atoms with van der Waals surface area (Å²) in [6.07, 6.45) is 9.59. The van der Waals surface area contributed by atoms with E-state index in [9.17, 15) is 9.90 Å². The van der Waals surface area contributed by atoms with Gasteiger partial charge in [0, 0.05) is 6.08 Å². The summed E-state index contributed by atoms with van der Waals surface area (Å²) in [5.74, 6) is 3.31. The molecule has 4 fully saturated rings. The topological polar surface area (TPSA) is 57.5 Å². The van der Waals surface area contributed by atoms with E-state index in [1.165, 1.54) is 43.6 Å². The van der Waals surface area contributed by atoms with Crippen molar-refractivity contribution in [3.05, 3.63) is 59.7 Å². The summed E-state index contributed by atoms with van der Waals surface area (Å²) in [7, 11) is 0. The molecule has 0 saturated heterocycles. The van der Waals surface area contributed by atoms with E-state index in [1.54, 1.807) is 6.08 Å². The van der Waals surface area contributed by atoms with Crippen LogP contribution in [0, 0.1) is 23.7 Å². The van der Waals surface area contributed by atoms with Gasteiger partial charge in [0.05, 0.1) is 0 Å². The van der Waals surface area contributed by atoms with E-state index in [1.807, 2.05) is 18.2 Å². The van der Waals surface area contributed by atoms with E-state index in [0.29, 0.717) is 11.7 Å². The molecule has 0 atom stereocenters. The number of rotatable bonds is 3. The van der Waals surface area contributed by atoms with Gasteiger partial charge in [0.25, 0.3) is 0 Å². The van der Waals surface area contributed by atoms with Crippen molar-refractivity contribution in [3.8, 4) is 5.75 Å². The van der Waals surface area contributed by atoms with Crippen LogP contribution in [0.5, 0.6) is 5.75 Å². The first-order valence-corrected chi connectivity index (χ1v) is 11.2. The number of phenolic OH excluding ortho intramolecular Hbond substituents is 1. The quantitative estimate of drug-likeness (QED) is 0.400. The van der Waals surface area contributed by atoms with Gasteiger partial charge in [0.1, 0.15) is 5.75 Å². The molecule has 2 N–H and O–H groups in total. The molecule has 0 heterocycles. The molecule has 7 rings (SSSR count). The van der Waals surface area contributed by atoms with E-state index < -0.39 is 5.97 Å². The normalized spacial score (nSPS) is 29.9. The van der Waals surface area contributed by atoms with Crippen LogP contribution in [0.4, 0.5) is 0 Å². The third kappa shape index (κ3) is 2.83. The van der Waals surface area contributed by atoms with Gasteiger partial charge in [0.15, 0.2) is 0 Å². The molecule has 0 aromatic heterocycles. The Bertz CT molecular complexity index is 1180. The molecule has 4 aliphatic rings. The highest BCUT2D eigenvalue weighted by Crippen LogP contribution is 2.61. The highest BCUT2D eigenvalue weighted by atomic mass is 16.4. The number of carbonyl (C=O) groups is 1. The van der Waals surface area contributed by atoms with Gasteiger partial charge in [-0.05, 0) is 119 Å². The van der Waals surface area contributed by atoms with Crippen LogP contribution in [0.3, 0.4) is 0 Å². The predicted octanol–water partition coefficient (Wildman–Crippen LogP) is 6.34. The van der Waals surface area contributed by atoms with Crippen LogP contribution in [0.15, 0.2) is 48.5 Å². The minimum absolute atomic E-state index is 0.459. The summed E-state index contributed by atoms with van der Waals surface area (Å²) in [6.45, 7) is 0. The molecular formula is C27H26O3. The first-order valence-electron chi connectivity index (χ1n) is 11.2. The number of hydrogen-bond acceptors (Lipinski definition) is 2. The first-order chi connectivity index (χ1) is 14.5. The lowest BCUT2D eigenvalue weighted by Gasteiger charge is -2.54. The second-order valence-electron chi connectivity index (χ2n) is 9.81. The van der Waals surface area contributed by atoms with Crippen molar-refractivity contribution in [2.45, 2.75) is 38.0 Å². The Morgan fingerprint density at radius 1 is 0.833 bits per heavy atom. The van der Waals surface area contributed by atoms with Crippen molar-refractivity contribution < 1.29 is 15.0 Å². The van der Waals surface area contributed by atoms with Crippen molar-refractivity contribution in [1.29, 1.82) is 0 Å². The maximum Gasteiger partial charge on any atom is 0.328 e. The van der Waals surface area contributed by atoms with Gasteiger partial charge in [-0.15, -0.1) is 0 Å². The van der Waals surface area contributed by atoms with Crippen LogP contribution in [-0.2, 0) is 4.79 Å². The van der Waals surface area contributed by atoms with E-state index in [-0.39, 0.29) is 0 Å². The van der Waals surface area contributed by atoms with Gasteiger partial charge in [0.2, 0.25) is 0 Å². The molecule has 4 saturated carbocycles. The van der Waals surface area contributed by atoms with E-state index in [0.717, 1.165) is 51.0 Å². The molecule has 3 aromatic carbocycles. The Hall–Kier alpha value is -2.81. The fraction of sp³-hybridized carbons (Fsp3) is 0.370. The Morgan fingerprint density at radius 2 is 1.50 bits per heavy atom.